The van der Waals surface area contributed by atoms with E-state index in [4.69, 9.17) is 11.6 Å². The standard InChI is InChI=1S/C15H21ClN2/c1-2-17-9-12-4-3-5-14(16)15(12)18-10-11-6-7-13(18)8-11/h3-5,11,13,17H,2,6-10H2,1H3. The molecule has 3 heteroatoms. The van der Waals surface area contributed by atoms with E-state index in [-0.39, 0.29) is 0 Å². The molecule has 2 bridgehead atoms. The van der Waals surface area contributed by atoms with Crippen molar-refractivity contribution in [3.05, 3.63) is 28.8 Å². The largest absolute Gasteiger partial charge is 0.367 e. The highest BCUT2D eigenvalue weighted by molar-refractivity contribution is 6.33. The van der Waals surface area contributed by atoms with Gasteiger partial charge in [-0.3, -0.25) is 0 Å². The second kappa shape index (κ2) is 5.10. The molecule has 18 heavy (non-hydrogen) atoms. The summed E-state index contributed by atoms with van der Waals surface area (Å²) in [7, 11) is 0. The molecule has 2 unspecified atom stereocenters. The van der Waals surface area contributed by atoms with Gasteiger partial charge < -0.3 is 10.2 Å². The van der Waals surface area contributed by atoms with Gasteiger partial charge in [-0.25, -0.2) is 0 Å². The number of para-hydroxylation sites is 1. The molecule has 1 saturated carbocycles. The minimum absolute atomic E-state index is 0.732. The van der Waals surface area contributed by atoms with Gasteiger partial charge in [-0.1, -0.05) is 30.7 Å². The van der Waals surface area contributed by atoms with Crippen LogP contribution in [0.3, 0.4) is 0 Å². The summed E-state index contributed by atoms with van der Waals surface area (Å²) < 4.78 is 0. The van der Waals surface area contributed by atoms with Gasteiger partial charge in [-0.05, 0) is 43.4 Å². The van der Waals surface area contributed by atoms with Gasteiger partial charge in [0.05, 0.1) is 10.7 Å². The van der Waals surface area contributed by atoms with Crippen molar-refractivity contribution in [1.82, 2.24) is 5.32 Å². The molecule has 1 aliphatic heterocycles. The van der Waals surface area contributed by atoms with Gasteiger partial charge in [-0.15, -0.1) is 0 Å². The summed E-state index contributed by atoms with van der Waals surface area (Å²) in [6, 6.07) is 7.02. The molecule has 1 saturated heterocycles. The quantitative estimate of drug-likeness (QED) is 0.896. The summed E-state index contributed by atoms with van der Waals surface area (Å²) in [6.07, 6.45) is 4.12. The number of halogens is 1. The van der Waals surface area contributed by atoms with Gasteiger partial charge in [0.15, 0.2) is 0 Å². The number of nitrogens with one attached hydrogen (secondary N) is 1. The zero-order chi connectivity index (χ0) is 12.5. The first-order valence-corrected chi connectivity index (χ1v) is 7.42. The highest BCUT2D eigenvalue weighted by atomic mass is 35.5. The summed E-state index contributed by atoms with van der Waals surface area (Å²) in [5.41, 5.74) is 2.63. The predicted octanol–water partition coefficient (Wildman–Crippen LogP) is 3.44. The van der Waals surface area contributed by atoms with Crippen LogP contribution >= 0.6 is 11.6 Å². The lowest BCUT2D eigenvalue weighted by atomic mass is 10.1. The number of piperidine rings is 1. The molecule has 0 amide bonds. The number of hydrogen-bond donors (Lipinski definition) is 1. The Balaban J connectivity index is 1.89. The summed E-state index contributed by atoms with van der Waals surface area (Å²) in [5, 5.41) is 4.33. The molecule has 0 aromatic heterocycles. The minimum Gasteiger partial charge on any atom is -0.367 e. The van der Waals surface area contributed by atoms with E-state index in [1.807, 2.05) is 6.07 Å². The predicted molar refractivity (Wildman–Crippen MR) is 77.3 cm³/mol. The number of anilines is 1. The summed E-state index contributed by atoms with van der Waals surface area (Å²) >= 11 is 6.46. The Kier molecular flexibility index (Phi) is 3.49. The zero-order valence-corrected chi connectivity index (χ0v) is 11.7. The topological polar surface area (TPSA) is 15.3 Å². The maximum atomic E-state index is 6.46. The molecule has 3 rings (SSSR count). The van der Waals surface area contributed by atoms with Crippen LogP contribution < -0.4 is 10.2 Å². The number of nitrogens with zero attached hydrogens (tertiary/aromatic N) is 1. The monoisotopic (exact) mass is 264 g/mol. The van der Waals surface area contributed by atoms with E-state index in [0.29, 0.717) is 0 Å². The molecule has 98 valence electrons. The Morgan fingerprint density at radius 2 is 2.28 bits per heavy atom. The van der Waals surface area contributed by atoms with Gasteiger partial charge in [-0.2, -0.15) is 0 Å². The molecule has 1 heterocycles. The Labute approximate surface area is 114 Å². The van der Waals surface area contributed by atoms with Crippen LogP contribution in [0.4, 0.5) is 5.69 Å². The molecule has 1 aromatic carbocycles. The van der Waals surface area contributed by atoms with Crippen molar-refractivity contribution in [1.29, 1.82) is 0 Å². The lowest BCUT2D eigenvalue weighted by Gasteiger charge is -2.32. The summed E-state index contributed by atoms with van der Waals surface area (Å²) in [4.78, 5) is 2.56. The van der Waals surface area contributed by atoms with E-state index in [1.54, 1.807) is 0 Å². The van der Waals surface area contributed by atoms with Gasteiger partial charge in [0, 0.05) is 19.1 Å². The molecule has 1 aromatic rings. The number of benzene rings is 1. The molecule has 2 fully saturated rings. The lowest BCUT2D eigenvalue weighted by Crippen LogP contribution is -2.33. The average molecular weight is 265 g/mol. The Morgan fingerprint density at radius 3 is 2.94 bits per heavy atom. The van der Waals surface area contributed by atoms with Crippen molar-refractivity contribution < 1.29 is 0 Å². The third kappa shape index (κ3) is 2.12. The molecule has 2 nitrogen and oxygen atoms in total. The third-order valence-corrected chi connectivity index (χ3v) is 4.64. The second-order valence-corrected chi connectivity index (χ2v) is 5.92. The first kappa shape index (κ1) is 12.3. The first-order chi connectivity index (χ1) is 8.79. The van der Waals surface area contributed by atoms with Crippen LogP contribution in [-0.2, 0) is 6.54 Å². The fourth-order valence-electron chi connectivity index (χ4n) is 3.48. The normalized spacial score (nSPS) is 26.0. The average Bonchev–Trinajstić information content (AvgIpc) is 2.98. The van der Waals surface area contributed by atoms with Crippen LogP contribution in [0.1, 0.15) is 31.7 Å². The van der Waals surface area contributed by atoms with Crippen molar-refractivity contribution in [2.24, 2.45) is 5.92 Å². The molecule has 2 atom stereocenters. The lowest BCUT2D eigenvalue weighted by molar-refractivity contribution is 0.552. The highest BCUT2D eigenvalue weighted by Gasteiger charge is 2.39. The van der Waals surface area contributed by atoms with Gasteiger partial charge in [0.25, 0.3) is 0 Å². The van der Waals surface area contributed by atoms with E-state index >= 15 is 0 Å². The maximum Gasteiger partial charge on any atom is 0.0643 e. The molecular formula is C15H21ClN2. The van der Waals surface area contributed by atoms with E-state index in [1.165, 1.54) is 37.1 Å². The molecular weight excluding hydrogens is 244 g/mol. The smallest absolute Gasteiger partial charge is 0.0643 e. The van der Waals surface area contributed by atoms with Crippen LogP contribution in [0.5, 0.6) is 0 Å². The number of rotatable bonds is 4. The maximum absolute atomic E-state index is 6.46. The van der Waals surface area contributed by atoms with Crippen molar-refractivity contribution in [3.63, 3.8) is 0 Å². The van der Waals surface area contributed by atoms with Crippen LogP contribution in [-0.4, -0.2) is 19.1 Å². The SMILES string of the molecule is CCNCc1cccc(Cl)c1N1CC2CCC1C2. The fraction of sp³-hybridized carbons (Fsp3) is 0.600. The fourth-order valence-corrected chi connectivity index (χ4v) is 3.79. The van der Waals surface area contributed by atoms with Crippen LogP contribution in [0.15, 0.2) is 18.2 Å². The molecule has 0 radical (unpaired) electrons. The van der Waals surface area contributed by atoms with Crippen molar-refractivity contribution in [2.75, 3.05) is 18.0 Å². The second-order valence-electron chi connectivity index (χ2n) is 5.51. The molecule has 1 aliphatic carbocycles. The minimum atomic E-state index is 0.732. The van der Waals surface area contributed by atoms with Crippen LogP contribution in [0, 0.1) is 5.92 Å². The van der Waals surface area contributed by atoms with Crippen molar-refractivity contribution >= 4 is 17.3 Å². The zero-order valence-electron chi connectivity index (χ0n) is 11.0. The van der Waals surface area contributed by atoms with E-state index in [0.717, 1.165) is 30.1 Å². The summed E-state index contributed by atoms with van der Waals surface area (Å²) in [5.74, 6) is 0.901. The summed E-state index contributed by atoms with van der Waals surface area (Å²) in [6.45, 7) is 5.26. The van der Waals surface area contributed by atoms with Gasteiger partial charge in [0.2, 0.25) is 0 Å². The first-order valence-electron chi connectivity index (χ1n) is 7.04. The number of fused-ring (bicyclic) bond motifs is 2. The van der Waals surface area contributed by atoms with Crippen molar-refractivity contribution in [2.45, 2.75) is 38.8 Å². The third-order valence-electron chi connectivity index (χ3n) is 4.33. The van der Waals surface area contributed by atoms with Gasteiger partial charge in [0.1, 0.15) is 0 Å². The van der Waals surface area contributed by atoms with Crippen LogP contribution in [0.2, 0.25) is 5.02 Å². The number of hydrogen-bond acceptors (Lipinski definition) is 2. The van der Waals surface area contributed by atoms with E-state index in [9.17, 15) is 0 Å². The Bertz CT molecular complexity index is 433. The Hall–Kier alpha value is -0.730. The molecule has 2 aliphatic rings. The van der Waals surface area contributed by atoms with Gasteiger partial charge >= 0.3 is 0 Å². The Morgan fingerprint density at radius 1 is 1.39 bits per heavy atom. The van der Waals surface area contributed by atoms with Crippen LogP contribution in [0.25, 0.3) is 0 Å². The van der Waals surface area contributed by atoms with E-state index in [2.05, 4.69) is 29.3 Å². The van der Waals surface area contributed by atoms with Crippen molar-refractivity contribution in [3.8, 4) is 0 Å². The van der Waals surface area contributed by atoms with E-state index < -0.39 is 0 Å². The molecule has 0 spiro atoms. The molecule has 1 N–H and O–H groups in total. The highest BCUT2D eigenvalue weighted by Crippen LogP contribution is 2.43.